The van der Waals surface area contributed by atoms with Crippen LogP contribution in [0.2, 0.25) is 0 Å². The van der Waals surface area contributed by atoms with Gasteiger partial charge >= 0.3 is 0 Å². The van der Waals surface area contributed by atoms with Crippen LogP contribution in [0.25, 0.3) is 0 Å². The van der Waals surface area contributed by atoms with Crippen LogP contribution in [0.1, 0.15) is 0 Å². The fourth-order valence-electron chi connectivity index (χ4n) is 0.530. The molecule has 0 rings (SSSR count). The lowest BCUT2D eigenvalue weighted by Crippen LogP contribution is -2.39. The molecule has 72 valence electrons. The molecule has 1 atom stereocenters. The monoisotopic (exact) mass is 197 g/mol. The Hall–Kier alpha value is -0.860. The Morgan fingerprint density at radius 2 is 2.17 bits per heavy atom. The molecule has 0 aliphatic carbocycles. The highest BCUT2D eigenvalue weighted by Crippen LogP contribution is 1.88. The van der Waals surface area contributed by atoms with E-state index in [1.54, 1.807) is 0 Å². The highest BCUT2D eigenvalue weighted by atomic mass is 32.2. The Balaban J connectivity index is 3.75. The zero-order chi connectivity index (χ0) is 9.78. The molecular weight excluding hydrogens is 186 g/mol. The lowest BCUT2D eigenvalue weighted by atomic mass is 10.4. The van der Waals surface area contributed by atoms with Gasteiger partial charge in [-0.05, 0) is 0 Å². The molecule has 7 nitrogen and oxygen atoms in total. The molecule has 0 aliphatic heterocycles. The minimum Gasteiger partial charge on any atom is -0.390 e. The molecule has 8 heteroatoms. The molecule has 0 spiro atoms. The Morgan fingerprint density at radius 1 is 1.67 bits per heavy atom. The summed E-state index contributed by atoms with van der Waals surface area (Å²) in [5, 5.41) is 17.7. The number of nitrogens with two attached hydrogens (primary N) is 1. The van der Waals surface area contributed by atoms with Crippen LogP contribution in [0.5, 0.6) is 0 Å². The molecule has 0 aromatic heterocycles. The molecule has 0 saturated heterocycles. The predicted octanol–water partition coefficient (Wildman–Crippen LogP) is -2.28. The number of hydrogen-bond donors (Lipinski definition) is 5. The van der Waals surface area contributed by atoms with Gasteiger partial charge in [0.15, 0.2) is 5.96 Å². The molecule has 0 saturated carbocycles. The number of nitrogens with one attached hydrogen (secondary N) is 2. The summed E-state index contributed by atoms with van der Waals surface area (Å²) in [7, 11) is -4.17. The van der Waals surface area contributed by atoms with E-state index in [0.29, 0.717) is 0 Å². The maximum Gasteiger partial charge on any atom is 0.267 e. The summed E-state index contributed by atoms with van der Waals surface area (Å²) >= 11 is 0. The lowest BCUT2D eigenvalue weighted by molar-refractivity contribution is 0.197. The van der Waals surface area contributed by atoms with Gasteiger partial charge in [0.2, 0.25) is 0 Å². The first-order valence-electron chi connectivity index (χ1n) is 3.02. The van der Waals surface area contributed by atoms with E-state index in [-0.39, 0.29) is 12.5 Å². The van der Waals surface area contributed by atoms with Gasteiger partial charge in [0.1, 0.15) is 5.75 Å². The molecule has 0 aromatic rings. The third-order valence-corrected chi connectivity index (χ3v) is 1.74. The lowest BCUT2D eigenvalue weighted by Gasteiger charge is -2.08. The summed E-state index contributed by atoms with van der Waals surface area (Å²) in [6, 6.07) is 0. The molecule has 0 fully saturated rings. The molecule has 0 amide bonds. The summed E-state index contributed by atoms with van der Waals surface area (Å²) in [5.74, 6) is -1.14. The van der Waals surface area contributed by atoms with Crippen LogP contribution in [0.4, 0.5) is 0 Å². The van der Waals surface area contributed by atoms with Gasteiger partial charge in [0, 0.05) is 6.54 Å². The van der Waals surface area contributed by atoms with Crippen LogP contribution in [0.3, 0.4) is 0 Å². The first-order valence-corrected chi connectivity index (χ1v) is 4.63. The van der Waals surface area contributed by atoms with E-state index < -0.39 is 22.0 Å². The normalized spacial score (nSPS) is 13.8. The summed E-state index contributed by atoms with van der Waals surface area (Å²) in [6.45, 7) is -0.185. The second-order valence-electron chi connectivity index (χ2n) is 2.20. The van der Waals surface area contributed by atoms with Crippen molar-refractivity contribution >= 4 is 16.1 Å². The van der Waals surface area contributed by atoms with Crippen LogP contribution in [-0.4, -0.2) is 42.4 Å². The van der Waals surface area contributed by atoms with Crippen LogP contribution in [-0.2, 0) is 10.1 Å². The number of aliphatic hydroxyl groups is 1. The number of guanidine groups is 1. The second kappa shape index (κ2) is 4.24. The van der Waals surface area contributed by atoms with Gasteiger partial charge in [0.05, 0.1) is 6.10 Å². The van der Waals surface area contributed by atoms with Crippen molar-refractivity contribution in [3.8, 4) is 0 Å². The molecule has 1 unspecified atom stereocenters. The smallest absolute Gasteiger partial charge is 0.267 e. The Bertz CT molecular complexity index is 249. The SMILES string of the molecule is N=C(N)NCC(O)CS(=O)(=O)O. The minimum absolute atomic E-state index is 0.185. The summed E-state index contributed by atoms with van der Waals surface area (Å²) in [5.41, 5.74) is 4.85. The van der Waals surface area contributed by atoms with E-state index in [1.807, 2.05) is 0 Å². The molecule has 0 aliphatic rings. The fraction of sp³-hybridized carbons (Fsp3) is 0.750. The van der Waals surface area contributed by atoms with Crippen molar-refractivity contribution in [2.45, 2.75) is 6.10 Å². The summed E-state index contributed by atoms with van der Waals surface area (Å²) < 4.78 is 28.6. The van der Waals surface area contributed by atoms with E-state index in [4.69, 9.17) is 20.8 Å². The molecule has 0 aromatic carbocycles. The highest BCUT2D eigenvalue weighted by molar-refractivity contribution is 7.85. The highest BCUT2D eigenvalue weighted by Gasteiger charge is 2.13. The Labute approximate surface area is 69.8 Å². The van der Waals surface area contributed by atoms with Gasteiger partial charge in [-0.1, -0.05) is 0 Å². The van der Waals surface area contributed by atoms with Crippen LogP contribution in [0.15, 0.2) is 0 Å². The van der Waals surface area contributed by atoms with Gasteiger partial charge in [-0.2, -0.15) is 8.42 Å². The zero-order valence-corrected chi connectivity index (χ0v) is 7.00. The van der Waals surface area contributed by atoms with Crippen LogP contribution >= 0.6 is 0 Å². The average Bonchev–Trinajstić information content (AvgIpc) is 1.79. The first-order chi connectivity index (χ1) is 5.31. The van der Waals surface area contributed by atoms with Gasteiger partial charge in [-0.3, -0.25) is 9.96 Å². The van der Waals surface area contributed by atoms with Crippen molar-refractivity contribution in [1.29, 1.82) is 5.41 Å². The third kappa shape index (κ3) is 7.25. The zero-order valence-electron chi connectivity index (χ0n) is 6.19. The van der Waals surface area contributed by atoms with Crippen LogP contribution < -0.4 is 11.1 Å². The average molecular weight is 197 g/mol. The topological polar surface area (TPSA) is 136 Å². The summed E-state index contributed by atoms with van der Waals surface area (Å²) in [4.78, 5) is 0. The number of aliphatic hydroxyl groups excluding tert-OH is 1. The molecule has 0 radical (unpaired) electrons. The molecule has 0 bridgehead atoms. The van der Waals surface area contributed by atoms with Crippen LogP contribution in [0, 0.1) is 5.41 Å². The van der Waals surface area contributed by atoms with Gasteiger partial charge in [-0.25, -0.2) is 0 Å². The van der Waals surface area contributed by atoms with Crippen molar-refractivity contribution in [3.05, 3.63) is 0 Å². The largest absolute Gasteiger partial charge is 0.390 e. The molecule has 6 N–H and O–H groups in total. The first kappa shape index (κ1) is 11.1. The van der Waals surface area contributed by atoms with E-state index >= 15 is 0 Å². The Morgan fingerprint density at radius 3 is 2.50 bits per heavy atom. The van der Waals surface area contributed by atoms with E-state index in [9.17, 15) is 8.42 Å². The van der Waals surface area contributed by atoms with E-state index in [2.05, 4.69) is 5.32 Å². The standard InChI is InChI=1S/C4H11N3O4S/c5-4(6)7-1-3(8)2-12(9,10)11/h3,8H,1-2H2,(H4,5,6,7)(H,9,10,11). The van der Waals surface area contributed by atoms with Crippen molar-refractivity contribution in [2.24, 2.45) is 5.73 Å². The van der Waals surface area contributed by atoms with Crippen molar-refractivity contribution in [2.75, 3.05) is 12.3 Å². The quantitative estimate of drug-likeness (QED) is 0.195. The Kier molecular flexibility index (Phi) is 3.93. The minimum atomic E-state index is -4.17. The van der Waals surface area contributed by atoms with E-state index in [1.165, 1.54) is 0 Å². The molecular formula is C4H11N3O4S. The third-order valence-electron chi connectivity index (χ3n) is 0.931. The number of hydrogen-bond acceptors (Lipinski definition) is 4. The fourth-order valence-corrected chi connectivity index (χ4v) is 1.13. The van der Waals surface area contributed by atoms with Gasteiger partial charge in [0.25, 0.3) is 10.1 Å². The maximum absolute atomic E-state index is 10.2. The van der Waals surface area contributed by atoms with Crippen molar-refractivity contribution < 1.29 is 18.1 Å². The molecule has 0 heterocycles. The van der Waals surface area contributed by atoms with E-state index in [0.717, 1.165) is 0 Å². The predicted molar refractivity (Wildman–Crippen MR) is 42.3 cm³/mol. The maximum atomic E-state index is 10.2. The van der Waals surface area contributed by atoms with Gasteiger partial charge < -0.3 is 16.2 Å². The summed E-state index contributed by atoms with van der Waals surface area (Å²) in [6.07, 6.45) is -1.27. The van der Waals surface area contributed by atoms with Crippen molar-refractivity contribution in [1.82, 2.24) is 5.32 Å². The van der Waals surface area contributed by atoms with Gasteiger partial charge in [-0.15, -0.1) is 0 Å². The number of rotatable bonds is 4. The molecule has 12 heavy (non-hydrogen) atoms. The van der Waals surface area contributed by atoms with Crippen molar-refractivity contribution in [3.63, 3.8) is 0 Å². The second-order valence-corrected chi connectivity index (χ2v) is 3.69.